The van der Waals surface area contributed by atoms with Crippen molar-refractivity contribution in [2.75, 3.05) is 20.2 Å². The van der Waals surface area contributed by atoms with Crippen LogP contribution in [-0.4, -0.2) is 37.4 Å². The van der Waals surface area contributed by atoms with Crippen LogP contribution in [0.2, 0.25) is 0 Å². The monoisotopic (exact) mass is 408 g/mol. The predicted molar refractivity (Wildman–Crippen MR) is 114 cm³/mol. The number of nitrogens with one attached hydrogen (secondary N) is 2. The SMILES string of the molecule is COC1CN=C(NCc2cc(C(C)c3ccc(-c4ccccc4)c(F)c3)on2)NC1. The molecule has 30 heavy (non-hydrogen) atoms. The van der Waals surface area contributed by atoms with Crippen LogP contribution in [0.1, 0.15) is 29.9 Å². The molecule has 0 amide bonds. The lowest BCUT2D eigenvalue weighted by Crippen LogP contribution is -2.46. The minimum absolute atomic E-state index is 0.101. The molecule has 0 spiro atoms. The maximum atomic E-state index is 14.7. The molecule has 2 atom stereocenters. The van der Waals surface area contributed by atoms with Gasteiger partial charge in [0.15, 0.2) is 5.96 Å². The Morgan fingerprint density at radius 3 is 2.77 bits per heavy atom. The Hall–Kier alpha value is -3.19. The third kappa shape index (κ3) is 4.52. The van der Waals surface area contributed by atoms with E-state index in [1.165, 1.54) is 0 Å². The quantitative estimate of drug-likeness (QED) is 0.651. The number of aliphatic imine (C=N–C) groups is 1. The van der Waals surface area contributed by atoms with Crippen LogP contribution in [0.25, 0.3) is 11.1 Å². The maximum absolute atomic E-state index is 14.7. The molecular formula is C23H25FN4O2. The molecule has 0 saturated carbocycles. The highest BCUT2D eigenvalue weighted by Crippen LogP contribution is 2.29. The van der Waals surface area contributed by atoms with E-state index in [0.29, 0.717) is 31.0 Å². The highest BCUT2D eigenvalue weighted by Gasteiger charge is 2.18. The molecule has 156 valence electrons. The number of methoxy groups -OCH3 is 1. The lowest BCUT2D eigenvalue weighted by atomic mass is 9.95. The lowest BCUT2D eigenvalue weighted by Gasteiger charge is -2.21. The van der Waals surface area contributed by atoms with E-state index >= 15 is 0 Å². The number of hydrogen-bond acceptors (Lipinski definition) is 6. The van der Waals surface area contributed by atoms with E-state index in [-0.39, 0.29) is 17.8 Å². The Morgan fingerprint density at radius 1 is 1.23 bits per heavy atom. The molecule has 0 radical (unpaired) electrons. The first kappa shape index (κ1) is 20.1. The van der Waals surface area contributed by atoms with Gasteiger partial charge in [-0.15, -0.1) is 0 Å². The van der Waals surface area contributed by atoms with Crippen molar-refractivity contribution in [2.45, 2.75) is 25.5 Å². The Labute approximate surface area is 175 Å². The van der Waals surface area contributed by atoms with Gasteiger partial charge in [-0.05, 0) is 17.2 Å². The Morgan fingerprint density at radius 2 is 2.07 bits per heavy atom. The smallest absolute Gasteiger partial charge is 0.191 e. The molecule has 1 aliphatic heterocycles. The second-order valence-corrected chi connectivity index (χ2v) is 7.33. The van der Waals surface area contributed by atoms with Gasteiger partial charge in [-0.3, -0.25) is 4.99 Å². The highest BCUT2D eigenvalue weighted by atomic mass is 19.1. The molecule has 0 bridgehead atoms. The summed E-state index contributed by atoms with van der Waals surface area (Å²) in [6, 6.07) is 16.7. The number of benzene rings is 2. The number of nitrogens with zero attached hydrogens (tertiary/aromatic N) is 2. The number of aromatic nitrogens is 1. The van der Waals surface area contributed by atoms with Gasteiger partial charge in [0.2, 0.25) is 0 Å². The molecular weight excluding hydrogens is 383 g/mol. The molecule has 2 aromatic carbocycles. The number of hydrogen-bond donors (Lipinski definition) is 2. The van der Waals surface area contributed by atoms with Crippen LogP contribution in [-0.2, 0) is 11.3 Å². The molecule has 6 nitrogen and oxygen atoms in total. The van der Waals surface area contributed by atoms with Crippen molar-refractivity contribution in [1.29, 1.82) is 0 Å². The van der Waals surface area contributed by atoms with Crippen LogP contribution in [0.5, 0.6) is 0 Å². The van der Waals surface area contributed by atoms with Crippen molar-refractivity contribution in [3.05, 3.63) is 77.4 Å². The van der Waals surface area contributed by atoms with E-state index in [0.717, 1.165) is 22.8 Å². The summed E-state index contributed by atoms with van der Waals surface area (Å²) >= 11 is 0. The summed E-state index contributed by atoms with van der Waals surface area (Å²) in [5, 5.41) is 10.5. The third-order valence-corrected chi connectivity index (χ3v) is 5.30. The lowest BCUT2D eigenvalue weighted by molar-refractivity contribution is 0.109. The molecule has 3 aromatic rings. The Kier molecular flexibility index (Phi) is 6.09. The maximum Gasteiger partial charge on any atom is 0.191 e. The number of ether oxygens (including phenoxy) is 1. The first-order valence-corrected chi connectivity index (χ1v) is 9.99. The van der Waals surface area contributed by atoms with Crippen LogP contribution < -0.4 is 10.6 Å². The summed E-state index contributed by atoms with van der Waals surface area (Å²) in [5.41, 5.74) is 3.05. The van der Waals surface area contributed by atoms with Crippen LogP contribution in [0.15, 0.2) is 64.1 Å². The summed E-state index contributed by atoms with van der Waals surface area (Å²) < 4.78 is 25.5. The first-order valence-electron chi connectivity index (χ1n) is 9.99. The normalized spacial score (nSPS) is 17.2. The molecule has 2 N–H and O–H groups in total. The summed E-state index contributed by atoms with van der Waals surface area (Å²) in [7, 11) is 1.68. The molecule has 4 rings (SSSR count). The van der Waals surface area contributed by atoms with Crippen LogP contribution in [0.4, 0.5) is 4.39 Å². The van der Waals surface area contributed by atoms with Crippen molar-refractivity contribution in [1.82, 2.24) is 15.8 Å². The molecule has 7 heteroatoms. The van der Waals surface area contributed by atoms with E-state index in [4.69, 9.17) is 9.26 Å². The molecule has 2 heterocycles. The van der Waals surface area contributed by atoms with Crippen molar-refractivity contribution in [3.8, 4) is 11.1 Å². The zero-order chi connectivity index (χ0) is 20.9. The van der Waals surface area contributed by atoms with Gasteiger partial charge in [0.05, 0.1) is 19.2 Å². The number of rotatable bonds is 6. The van der Waals surface area contributed by atoms with Gasteiger partial charge in [0, 0.05) is 31.2 Å². The summed E-state index contributed by atoms with van der Waals surface area (Å²) in [5.74, 6) is 1.05. The minimum Gasteiger partial charge on any atom is -0.378 e. The zero-order valence-electron chi connectivity index (χ0n) is 17.1. The van der Waals surface area contributed by atoms with E-state index in [9.17, 15) is 4.39 Å². The first-order chi connectivity index (χ1) is 14.6. The molecule has 0 saturated heterocycles. The number of guanidine groups is 1. The fraction of sp³-hybridized carbons (Fsp3) is 0.304. The molecule has 1 aromatic heterocycles. The van der Waals surface area contributed by atoms with E-state index < -0.39 is 0 Å². The van der Waals surface area contributed by atoms with Crippen molar-refractivity contribution >= 4 is 5.96 Å². The van der Waals surface area contributed by atoms with E-state index in [1.807, 2.05) is 55.5 Å². The van der Waals surface area contributed by atoms with Gasteiger partial charge >= 0.3 is 0 Å². The van der Waals surface area contributed by atoms with E-state index in [2.05, 4.69) is 20.8 Å². The van der Waals surface area contributed by atoms with Crippen molar-refractivity contribution in [3.63, 3.8) is 0 Å². The molecule has 1 aliphatic rings. The third-order valence-electron chi connectivity index (χ3n) is 5.30. The average molecular weight is 408 g/mol. The Bertz CT molecular complexity index is 1020. The summed E-state index contributed by atoms with van der Waals surface area (Å²) in [6.07, 6.45) is 0.101. The van der Waals surface area contributed by atoms with Crippen molar-refractivity contribution in [2.24, 2.45) is 4.99 Å². The number of halogens is 1. The fourth-order valence-electron chi connectivity index (χ4n) is 3.41. The van der Waals surface area contributed by atoms with Gasteiger partial charge in [-0.1, -0.05) is 54.5 Å². The van der Waals surface area contributed by atoms with Gasteiger partial charge in [0.1, 0.15) is 17.3 Å². The molecule has 0 aliphatic carbocycles. The van der Waals surface area contributed by atoms with Gasteiger partial charge in [-0.2, -0.15) is 0 Å². The molecule has 2 unspecified atom stereocenters. The largest absolute Gasteiger partial charge is 0.378 e. The van der Waals surface area contributed by atoms with Gasteiger partial charge in [0.25, 0.3) is 0 Å². The second-order valence-electron chi connectivity index (χ2n) is 7.33. The zero-order valence-corrected chi connectivity index (χ0v) is 17.1. The molecule has 0 fully saturated rings. The van der Waals surface area contributed by atoms with E-state index in [1.54, 1.807) is 13.2 Å². The summed E-state index contributed by atoms with van der Waals surface area (Å²) in [4.78, 5) is 4.40. The van der Waals surface area contributed by atoms with Gasteiger partial charge < -0.3 is 19.9 Å². The van der Waals surface area contributed by atoms with Crippen molar-refractivity contribution < 1.29 is 13.7 Å². The second kappa shape index (κ2) is 9.09. The average Bonchev–Trinajstić information content (AvgIpc) is 3.27. The highest BCUT2D eigenvalue weighted by molar-refractivity contribution is 5.80. The van der Waals surface area contributed by atoms with Gasteiger partial charge in [-0.25, -0.2) is 4.39 Å². The fourth-order valence-corrected chi connectivity index (χ4v) is 3.41. The summed E-state index contributed by atoms with van der Waals surface area (Å²) in [6.45, 7) is 3.80. The standard InChI is InChI=1S/C23H25FN4O2/c1-15(17-8-9-20(21(24)10-17)16-6-4-3-5-7-16)22-11-18(28-30-22)12-25-23-26-13-19(29-2)14-27-23/h3-11,15,19H,12-14H2,1-2H3,(H2,25,26,27). The Balaban J connectivity index is 1.41. The van der Waals surface area contributed by atoms with Crippen LogP contribution in [0, 0.1) is 5.82 Å². The predicted octanol–water partition coefficient (Wildman–Crippen LogP) is 3.70. The minimum atomic E-state index is -0.247. The van der Waals surface area contributed by atoms with Crippen LogP contribution >= 0.6 is 0 Å². The van der Waals surface area contributed by atoms with Crippen LogP contribution in [0.3, 0.4) is 0 Å². The topological polar surface area (TPSA) is 71.7 Å².